The van der Waals surface area contributed by atoms with Crippen LogP contribution in [-0.2, 0) is 6.54 Å². The smallest absolute Gasteiger partial charge is 0.222 e. The minimum absolute atomic E-state index is 0.353. The zero-order valence-electron chi connectivity index (χ0n) is 8.69. The topological polar surface area (TPSA) is 58.0 Å². The second-order valence-corrected chi connectivity index (χ2v) is 4.28. The summed E-state index contributed by atoms with van der Waals surface area (Å²) < 4.78 is 13.8. The molecule has 0 radical (unpaired) electrons. The SMILES string of the molecule is Oc1ccc(CNc2ncc(Br)cn2)cc1F. The Morgan fingerprint density at radius 2 is 2.00 bits per heavy atom. The molecule has 1 heterocycles. The minimum atomic E-state index is -0.638. The van der Waals surface area contributed by atoms with Crippen LogP contribution in [0.15, 0.2) is 35.1 Å². The van der Waals surface area contributed by atoms with E-state index in [2.05, 4.69) is 31.2 Å². The van der Waals surface area contributed by atoms with Gasteiger partial charge >= 0.3 is 0 Å². The summed E-state index contributed by atoms with van der Waals surface area (Å²) in [6, 6.07) is 4.21. The molecular weight excluding hydrogens is 289 g/mol. The lowest BCUT2D eigenvalue weighted by molar-refractivity contribution is 0.432. The Kier molecular flexibility index (Phi) is 3.53. The van der Waals surface area contributed by atoms with Gasteiger partial charge in [0, 0.05) is 18.9 Å². The highest BCUT2D eigenvalue weighted by Gasteiger charge is 2.02. The first kappa shape index (κ1) is 11.8. The van der Waals surface area contributed by atoms with Crippen LogP contribution in [-0.4, -0.2) is 15.1 Å². The lowest BCUT2D eigenvalue weighted by atomic mass is 10.2. The third kappa shape index (κ3) is 3.13. The predicted octanol–water partition coefficient (Wildman–Crippen LogP) is 2.70. The molecule has 2 N–H and O–H groups in total. The van der Waals surface area contributed by atoms with Gasteiger partial charge in [-0.15, -0.1) is 0 Å². The molecule has 0 unspecified atom stereocenters. The fraction of sp³-hybridized carbons (Fsp3) is 0.0909. The largest absolute Gasteiger partial charge is 0.505 e. The van der Waals surface area contributed by atoms with E-state index in [4.69, 9.17) is 5.11 Å². The zero-order valence-corrected chi connectivity index (χ0v) is 10.3. The maximum absolute atomic E-state index is 13.0. The summed E-state index contributed by atoms with van der Waals surface area (Å²) in [6.45, 7) is 0.388. The Labute approximate surface area is 106 Å². The highest BCUT2D eigenvalue weighted by atomic mass is 79.9. The van der Waals surface area contributed by atoms with Crippen molar-refractivity contribution in [3.63, 3.8) is 0 Å². The fourth-order valence-electron chi connectivity index (χ4n) is 1.25. The molecule has 0 aliphatic rings. The Hall–Kier alpha value is -1.69. The number of rotatable bonds is 3. The van der Waals surface area contributed by atoms with Crippen molar-refractivity contribution in [2.24, 2.45) is 0 Å². The van der Waals surface area contributed by atoms with Gasteiger partial charge < -0.3 is 10.4 Å². The van der Waals surface area contributed by atoms with Gasteiger partial charge in [-0.2, -0.15) is 0 Å². The summed E-state index contributed by atoms with van der Waals surface area (Å²) in [4.78, 5) is 8.04. The van der Waals surface area contributed by atoms with Crippen molar-refractivity contribution in [3.05, 3.63) is 46.4 Å². The standard InChI is InChI=1S/C11H9BrFN3O/c12-8-5-15-11(16-6-8)14-4-7-1-2-10(17)9(13)3-7/h1-3,5-6,17H,4H2,(H,14,15,16). The number of hydrogen-bond acceptors (Lipinski definition) is 4. The van der Waals surface area contributed by atoms with Gasteiger partial charge in [-0.1, -0.05) is 6.07 Å². The highest BCUT2D eigenvalue weighted by molar-refractivity contribution is 9.10. The van der Waals surface area contributed by atoms with Crippen molar-refractivity contribution in [3.8, 4) is 5.75 Å². The predicted molar refractivity (Wildman–Crippen MR) is 65.1 cm³/mol. The van der Waals surface area contributed by atoms with Gasteiger partial charge in [0.1, 0.15) is 0 Å². The van der Waals surface area contributed by atoms with Crippen LogP contribution in [0.3, 0.4) is 0 Å². The monoisotopic (exact) mass is 297 g/mol. The number of aromatic nitrogens is 2. The Balaban J connectivity index is 2.02. The molecule has 17 heavy (non-hydrogen) atoms. The molecule has 0 fully saturated rings. The van der Waals surface area contributed by atoms with E-state index in [1.54, 1.807) is 18.5 Å². The maximum atomic E-state index is 13.0. The Morgan fingerprint density at radius 3 is 2.65 bits per heavy atom. The number of nitrogens with zero attached hydrogens (tertiary/aromatic N) is 2. The van der Waals surface area contributed by atoms with Crippen molar-refractivity contribution in [1.29, 1.82) is 0 Å². The summed E-state index contributed by atoms with van der Waals surface area (Å²) in [5, 5.41) is 12.0. The van der Waals surface area contributed by atoms with Gasteiger partial charge in [-0.05, 0) is 33.6 Å². The van der Waals surface area contributed by atoms with Crippen molar-refractivity contribution in [1.82, 2.24) is 9.97 Å². The van der Waals surface area contributed by atoms with Crippen LogP contribution >= 0.6 is 15.9 Å². The van der Waals surface area contributed by atoms with Gasteiger partial charge in [-0.3, -0.25) is 0 Å². The van der Waals surface area contributed by atoms with E-state index in [0.29, 0.717) is 18.1 Å². The minimum Gasteiger partial charge on any atom is -0.505 e. The van der Waals surface area contributed by atoms with Gasteiger partial charge in [0.05, 0.1) is 4.47 Å². The van der Waals surface area contributed by atoms with E-state index in [-0.39, 0.29) is 5.75 Å². The first-order valence-corrected chi connectivity index (χ1v) is 5.63. The molecule has 0 saturated carbocycles. The van der Waals surface area contributed by atoms with E-state index >= 15 is 0 Å². The average molecular weight is 298 g/mol. The number of halogens is 2. The molecule has 0 aliphatic heterocycles. The summed E-state index contributed by atoms with van der Waals surface area (Å²) in [6.07, 6.45) is 3.24. The summed E-state index contributed by atoms with van der Waals surface area (Å²) in [5.74, 6) is -0.531. The summed E-state index contributed by atoms with van der Waals surface area (Å²) in [7, 11) is 0. The fourth-order valence-corrected chi connectivity index (χ4v) is 1.45. The van der Waals surface area contributed by atoms with Crippen LogP contribution in [0.2, 0.25) is 0 Å². The van der Waals surface area contributed by atoms with Gasteiger partial charge in [0.15, 0.2) is 11.6 Å². The van der Waals surface area contributed by atoms with Crippen LogP contribution in [0, 0.1) is 5.82 Å². The Morgan fingerprint density at radius 1 is 1.29 bits per heavy atom. The molecule has 1 aromatic carbocycles. The number of hydrogen-bond donors (Lipinski definition) is 2. The molecule has 0 atom stereocenters. The second-order valence-electron chi connectivity index (χ2n) is 3.36. The van der Waals surface area contributed by atoms with Crippen molar-refractivity contribution >= 4 is 21.9 Å². The maximum Gasteiger partial charge on any atom is 0.222 e. The second kappa shape index (κ2) is 5.09. The molecule has 0 aliphatic carbocycles. The van der Waals surface area contributed by atoms with Crippen LogP contribution < -0.4 is 5.32 Å². The molecule has 0 bridgehead atoms. The van der Waals surface area contributed by atoms with E-state index in [1.165, 1.54) is 12.1 Å². The van der Waals surface area contributed by atoms with E-state index < -0.39 is 5.82 Å². The first-order valence-electron chi connectivity index (χ1n) is 4.84. The van der Waals surface area contributed by atoms with Crippen LogP contribution in [0.4, 0.5) is 10.3 Å². The molecule has 2 rings (SSSR count). The third-order valence-electron chi connectivity index (χ3n) is 2.08. The van der Waals surface area contributed by atoms with Gasteiger partial charge in [0.2, 0.25) is 5.95 Å². The average Bonchev–Trinajstić information content (AvgIpc) is 2.33. The van der Waals surface area contributed by atoms with Gasteiger partial charge in [0.25, 0.3) is 0 Å². The molecule has 88 valence electrons. The van der Waals surface area contributed by atoms with Gasteiger partial charge in [-0.25, -0.2) is 14.4 Å². The molecule has 0 saturated heterocycles. The van der Waals surface area contributed by atoms with Crippen LogP contribution in [0.1, 0.15) is 5.56 Å². The number of benzene rings is 1. The lowest BCUT2D eigenvalue weighted by Gasteiger charge is -2.05. The van der Waals surface area contributed by atoms with Crippen LogP contribution in [0.5, 0.6) is 5.75 Å². The number of anilines is 1. The zero-order chi connectivity index (χ0) is 12.3. The van der Waals surface area contributed by atoms with E-state index in [1.807, 2.05) is 0 Å². The molecule has 0 spiro atoms. The number of aromatic hydroxyl groups is 1. The molecule has 6 heteroatoms. The van der Waals surface area contributed by atoms with E-state index in [9.17, 15) is 4.39 Å². The normalized spacial score (nSPS) is 10.2. The molecule has 1 aromatic heterocycles. The number of phenols is 1. The third-order valence-corrected chi connectivity index (χ3v) is 2.49. The molecule has 4 nitrogen and oxygen atoms in total. The number of phenolic OH excluding ortho intramolecular Hbond substituents is 1. The van der Waals surface area contributed by atoms with Crippen molar-refractivity contribution in [2.75, 3.05) is 5.32 Å². The van der Waals surface area contributed by atoms with Crippen molar-refractivity contribution in [2.45, 2.75) is 6.54 Å². The quantitative estimate of drug-likeness (QED) is 0.914. The molecular formula is C11H9BrFN3O. The highest BCUT2D eigenvalue weighted by Crippen LogP contribution is 2.16. The first-order chi connectivity index (χ1) is 8.15. The lowest BCUT2D eigenvalue weighted by Crippen LogP contribution is -2.03. The Bertz CT molecular complexity index is 519. The molecule has 2 aromatic rings. The summed E-state index contributed by atoms with van der Waals surface area (Å²) >= 11 is 3.23. The number of nitrogens with one attached hydrogen (secondary N) is 1. The van der Waals surface area contributed by atoms with Crippen molar-refractivity contribution < 1.29 is 9.50 Å². The molecule has 0 amide bonds. The van der Waals surface area contributed by atoms with E-state index in [0.717, 1.165) is 4.47 Å². The van der Waals surface area contributed by atoms with Crippen LogP contribution in [0.25, 0.3) is 0 Å². The summed E-state index contributed by atoms with van der Waals surface area (Å²) in [5.41, 5.74) is 0.701.